The third kappa shape index (κ3) is 4.13. The lowest BCUT2D eigenvalue weighted by atomic mass is 10.1. The molecule has 1 saturated heterocycles. The summed E-state index contributed by atoms with van der Waals surface area (Å²) in [7, 11) is 0. The van der Waals surface area contributed by atoms with E-state index in [4.69, 9.17) is 0 Å². The van der Waals surface area contributed by atoms with Crippen LogP contribution in [0.25, 0.3) is 0 Å². The van der Waals surface area contributed by atoms with E-state index in [1.165, 1.54) is 6.07 Å². The molecule has 1 fully saturated rings. The Kier molecular flexibility index (Phi) is 5.64. The molecular weight excluding hydrogens is 347 g/mol. The summed E-state index contributed by atoms with van der Waals surface area (Å²) in [4.78, 5) is 0. The molecule has 0 spiro atoms. The fourth-order valence-corrected chi connectivity index (χ4v) is 5.40. The van der Waals surface area contributed by atoms with E-state index in [0.29, 0.717) is 22.5 Å². The SMILES string of the molecule is CC1SCC(C(O)Cc2ccc(Br)cc2F)SC1C. The normalized spacial score (nSPS) is 29.2. The fraction of sp³-hybridized carbons (Fsp3) is 0.571. The van der Waals surface area contributed by atoms with Crippen LogP contribution in [0.1, 0.15) is 19.4 Å². The number of benzene rings is 1. The molecule has 4 atom stereocenters. The third-order valence-electron chi connectivity index (χ3n) is 3.45. The van der Waals surface area contributed by atoms with Crippen molar-refractivity contribution >= 4 is 39.5 Å². The Bertz CT molecular complexity index is 443. The van der Waals surface area contributed by atoms with Gasteiger partial charge in [0.15, 0.2) is 0 Å². The first-order valence-corrected chi connectivity index (χ1v) is 9.15. The van der Waals surface area contributed by atoms with Gasteiger partial charge in [-0.1, -0.05) is 35.8 Å². The highest BCUT2D eigenvalue weighted by Gasteiger charge is 2.30. The van der Waals surface area contributed by atoms with Gasteiger partial charge in [-0.25, -0.2) is 4.39 Å². The van der Waals surface area contributed by atoms with Crippen molar-refractivity contribution in [2.24, 2.45) is 0 Å². The average molecular weight is 365 g/mol. The van der Waals surface area contributed by atoms with Crippen LogP contribution in [0.4, 0.5) is 4.39 Å². The summed E-state index contributed by atoms with van der Waals surface area (Å²) >= 11 is 6.97. The minimum Gasteiger partial charge on any atom is -0.392 e. The molecule has 106 valence electrons. The Labute approximate surface area is 130 Å². The second kappa shape index (κ2) is 6.83. The molecule has 2 rings (SSSR count). The molecule has 0 bridgehead atoms. The van der Waals surface area contributed by atoms with Crippen molar-refractivity contribution in [2.75, 3.05) is 5.75 Å². The largest absolute Gasteiger partial charge is 0.392 e. The molecular formula is C14H18BrFOS2. The van der Waals surface area contributed by atoms with Crippen LogP contribution in [0, 0.1) is 5.82 Å². The van der Waals surface area contributed by atoms with Crippen molar-refractivity contribution in [3.05, 3.63) is 34.1 Å². The van der Waals surface area contributed by atoms with Crippen molar-refractivity contribution in [3.8, 4) is 0 Å². The molecule has 1 heterocycles. The maximum absolute atomic E-state index is 13.8. The van der Waals surface area contributed by atoms with E-state index in [-0.39, 0.29) is 11.1 Å². The van der Waals surface area contributed by atoms with Crippen LogP contribution in [0.2, 0.25) is 0 Å². The highest BCUT2D eigenvalue weighted by Crippen LogP contribution is 2.37. The van der Waals surface area contributed by atoms with Crippen LogP contribution in [0.5, 0.6) is 0 Å². The minimum absolute atomic E-state index is 0.194. The van der Waals surface area contributed by atoms with Gasteiger partial charge in [-0.3, -0.25) is 0 Å². The number of rotatable bonds is 3. The lowest BCUT2D eigenvalue weighted by Crippen LogP contribution is -2.35. The van der Waals surface area contributed by atoms with E-state index < -0.39 is 6.10 Å². The summed E-state index contributed by atoms with van der Waals surface area (Å²) in [5.74, 6) is 0.693. The predicted octanol–water partition coefficient (Wildman–Crippen LogP) is 4.12. The first kappa shape index (κ1) is 15.7. The summed E-state index contributed by atoms with van der Waals surface area (Å²) in [6, 6.07) is 5.02. The molecule has 5 heteroatoms. The Morgan fingerprint density at radius 2 is 2.16 bits per heavy atom. The highest BCUT2D eigenvalue weighted by molar-refractivity contribution is 9.10. The van der Waals surface area contributed by atoms with Crippen molar-refractivity contribution in [1.29, 1.82) is 0 Å². The summed E-state index contributed by atoms with van der Waals surface area (Å²) in [6.45, 7) is 4.42. The highest BCUT2D eigenvalue weighted by atomic mass is 79.9. The standard InChI is InChI=1S/C14H18BrFOS2/c1-8-9(2)19-14(7-18-8)13(17)5-10-3-4-11(15)6-12(10)16/h3-4,6,8-9,13-14,17H,5,7H2,1-2H3. The summed E-state index contributed by atoms with van der Waals surface area (Å²) in [5.41, 5.74) is 0.590. The Morgan fingerprint density at radius 1 is 1.42 bits per heavy atom. The average Bonchev–Trinajstić information content (AvgIpc) is 2.36. The van der Waals surface area contributed by atoms with Gasteiger partial charge in [0.1, 0.15) is 5.82 Å². The molecule has 1 aromatic carbocycles. The Balaban J connectivity index is 1.99. The van der Waals surface area contributed by atoms with Gasteiger partial charge >= 0.3 is 0 Å². The number of hydrogen-bond donors (Lipinski definition) is 1. The van der Waals surface area contributed by atoms with E-state index in [1.807, 2.05) is 29.6 Å². The van der Waals surface area contributed by atoms with Crippen molar-refractivity contribution in [1.82, 2.24) is 0 Å². The zero-order valence-corrected chi connectivity index (χ0v) is 14.2. The number of thioether (sulfide) groups is 2. The number of aliphatic hydroxyl groups excluding tert-OH is 1. The van der Waals surface area contributed by atoms with Gasteiger partial charge in [0.05, 0.1) is 6.10 Å². The molecule has 19 heavy (non-hydrogen) atoms. The molecule has 1 aliphatic rings. The van der Waals surface area contributed by atoms with Gasteiger partial charge in [-0.15, -0.1) is 0 Å². The van der Waals surface area contributed by atoms with Crippen molar-refractivity contribution < 1.29 is 9.50 Å². The summed E-state index contributed by atoms with van der Waals surface area (Å²) < 4.78 is 14.5. The van der Waals surface area contributed by atoms with Gasteiger partial charge < -0.3 is 5.11 Å². The van der Waals surface area contributed by atoms with Crippen LogP contribution < -0.4 is 0 Å². The number of aliphatic hydroxyl groups is 1. The van der Waals surface area contributed by atoms with E-state index in [9.17, 15) is 9.50 Å². The molecule has 4 unspecified atom stereocenters. The molecule has 1 N–H and O–H groups in total. The topological polar surface area (TPSA) is 20.2 Å². The van der Waals surface area contributed by atoms with Crippen LogP contribution in [-0.2, 0) is 6.42 Å². The molecule has 0 radical (unpaired) electrons. The molecule has 1 nitrogen and oxygen atoms in total. The van der Waals surface area contributed by atoms with Crippen LogP contribution in [0.15, 0.2) is 22.7 Å². The quantitative estimate of drug-likeness (QED) is 0.870. The lowest BCUT2D eigenvalue weighted by molar-refractivity contribution is 0.176. The predicted molar refractivity (Wildman–Crippen MR) is 86.6 cm³/mol. The summed E-state index contributed by atoms with van der Waals surface area (Å²) in [6.07, 6.45) is -0.0959. The van der Waals surface area contributed by atoms with E-state index in [0.717, 1.165) is 10.2 Å². The first-order valence-electron chi connectivity index (χ1n) is 6.36. The van der Waals surface area contributed by atoms with Crippen LogP contribution in [-0.4, -0.2) is 32.7 Å². The van der Waals surface area contributed by atoms with Crippen molar-refractivity contribution in [3.63, 3.8) is 0 Å². The lowest BCUT2D eigenvalue weighted by Gasteiger charge is -2.33. The second-order valence-electron chi connectivity index (χ2n) is 4.93. The monoisotopic (exact) mass is 364 g/mol. The van der Waals surface area contributed by atoms with Crippen LogP contribution >= 0.6 is 39.5 Å². The molecule has 1 aliphatic heterocycles. The van der Waals surface area contributed by atoms with Gasteiger partial charge in [0.25, 0.3) is 0 Å². The molecule has 0 amide bonds. The van der Waals surface area contributed by atoms with Crippen LogP contribution in [0.3, 0.4) is 0 Å². The molecule has 1 aromatic rings. The van der Waals surface area contributed by atoms with E-state index in [2.05, 4.69) is 29.8 Å². The van der Waals surface area contributed by atoms with Gasteiger partial charge in [-0.05, 0) is 17.7 Å². The fourth-order valence-electron chi connectivity index (χ4n) is 2.05. The zero-order chi connectivity index (χ0) is 14.0. The third-order valence-corrected chi connectivity index (χ3v) is 7.48. The van der Waals surface area contributed by atoms with Gasteiger partial charge in [0, 0.05) is 32.4 Å². The van der Waals surface area contributed by atoms with E-state index in [1.54, 1.807) is 6.07 Å². The number of halogens is 2. The molecule has 0 aromatic heterocycles. The summed E-state index contributed by atoms with van der Waals surface area (Å²) in [5, 5.41) is 11.7. The maximum Gasteiger partial charge on any atom is 0.127 e. The van der Waals surface area contributed by atoms with Gasteiger partial charge in [0.2, 0.25) is 0 Å². The zero-order valence-electron chi connectivity index (χ0n) is 11.0. The van der Waals surface area contributed by atoms with Gasteiger partial charge in [-0.2, -0.15) is 23.5 Å². The first-order chi connectivity index (χ1) is 8.97. The van der Waals surface area contributed by atoms with Crippen molar-refractivity contribution in [2.45, 2.75) is 42.1 Å². The maximum atomic E-state index is 13.8. The second-order valence-corrected chi connectivity index (χ2v) is 8.87. The van der Waals surface area contributed by atoms with E-state index >= 15 is 0 Å². The molecule has 0 aliphatic carbocycles. The number of hydrogen-bond acceptors (Lipinski definition) is 3. The minimum atomic E-state index is -0.483. The Morgan fingerprint density at radius 3 is 2.79 bits per heavy atom. The molecule has 0 saturated carbocycles. The Hall–Kier alpha value is 0.290. The smallest absolute Gasteiger partial charge is 0.127 e.